The van der Waals surface area contributed by atoms with Crippen molar-refractivity contribution in [3.8, 4) is 11.5 Å². The fourth-order valence-electron chi connectivity index (χ4n) is 7.04. The molecule has 1 atom stereocenters. The highest BCUT2D eigenvalue weighted by Crippen LogP contribution is 2.30. The molecule has 0 bridgehead atoms. The van der Waals surface area contributed by atoms with Crippen LogP contribution in [0.4, 0.5) is 0 Å². The van der Waals surface area contributed by atoms with Crippen molar-refractivity contribution in [3.63, 3.8) is 0 Å². The maximum absolute atomic E-state index is 13.0. The Bertz CT molecular complexity index is 2060. The van der Waals surface area contributed by atoms with Gasteiger partial charge in [-0.25, -0.2) is 0 Å². The fraction of sp³-hybridized carbons (Fsp3) is 0.319. The number of carbonyl (C=O) groups excluding carboxylic acids is 2. The number of ether oxygens (including phenoxy) is 2. The number of aromatic nitrogens is 2. The Hall–Kier alpha value is -5.92. The van der Waals surface area contributed by atoms with Crippen LogP contribution in [0.1, 0.15) is 52.5 Å². The number of rotatable bonds is 23. The van der Waals surface area contributed by atoms with Gasteiger partial charge >= 0.3 is 0 Å². The normalized spacial score (nSPS) is 13.8. The predicted molar refractivity (Wildman–Crippen MR) is 225 cm³/mol. The van der Waals surface area contributed by atoms with E-state index in [1.165, 1.54) is 0 Å². The Morgan fingerprint density at radius 3 is 1.90 bits per heavy atom. The third-order valence-electron chi connectivity index (χ3n) is 10.1. The van der Waals surface area contributed by atoms with Crippen LogP contribution in [-0.4, -0.2) is 85.7 Å². The van der Waals surface area contributed by atoms with E-state index in [1.54, 1.807) is 35.5 Å². The lowest BCUT2D eigenvalue weighted by Gasteiger charge is -2.26. The van der Waals surface area contributed by atoms with E-state index in [1.807, 2.05) is 91.9 Å². The van der Waals surface area contributed by atoms with Gasteiger partial charge in [-0.05, 0) is 60.5 Å². The second-order valence-corrected chi connectivity index (χ2v) is 14.7. The van der Waals surface area contributed by atoms with E-state index < -0.39 is 0 Å². The maximum atomic E-state index is 13.0. The number of amides is 2. The van der Waals surface area contributed by atoms with Crippen LogP contribution in [0.3, 0.4) is 0 Å². The van der Waals surface area contributed by atoms with Crippen LogP contribution in [0.15, 0.2) is 128 Å². The lowest BCUT2D eigenvalue weighted by Crippen LogP contribution is -2.35. The molecule has 12 heteroatoms. The summed E-state index contributed by atoms with van der Waals surface area (Å²) in [6, 6.07) is 33.1. The van der Waals surface area contributed by atoms with E-state index in [9.17, 15) is 19.8 Å². The smallest absolute Gasteiger partial charge is 0.246 e. The molecule has 3 aromatic carbocycles. The van der Waals surface area contributed by atoms with Gasteiger partial charge in [0.1, 0.15) is 11.5 Å². The summed E-state index contributed by atoms with van der Waals surface area (Å²) in [5, 5.41) is 25.8. The average molecular weight is 799 g/mol. The lowest BCUT2D eigenvalue weighted by atomic mass is 10.0. The Morgan fingerprint density at radius 1 is 0.695 bits per heavy atom. The van der Waals surface area contributed by atoms with Crippen molar-refractivity contribution in [2.75, 3.05) is 33.0 Å². The van der Waals surface area contributed by atoms with Gasteiger partial charge in [0.2, 0.25) is 11.8 Å². The molecule has 0 radical (unpaired) electrons. The molecule has 6 rings (SSSR count). The molecule has 12 nitrogen and oxygen atoms in total. The predicted octanol–water partition coefficient (Wildman–Crippen LogP) is 6.12. The van der Waals surface area contributed by atoms with E-state index in [2.05, 4.69) is 37.2 Å². The SMILES string of the molecule is CC1C=CC(=O)N1CCOCCOCCC(=O)NCc1cc(CN(Cc2ccccc2)Cc2ccccn2)c(O)c(CN(Cc2ccccn2)Cc2ccccc2O)c1. The molecular weight excluding hydrogens is 745 g/mol. The van der Waals surface area contributed by atoms with E-state index in [0.29, 0.717) is 71.2 Å². The summed E-state index contributed by atoms with van der Waals surface area (Å²) in [5.41, 5.74) is 5.92. The molecule has 5 aromatic rings. The van der Waals surface area contributed by atoms with E-state index >= 15 is 0 Å². The molecule has 2 amide bonds. The van der Waals surface area contributed by atoms with Crippen LogP contribution in [0.5, 0.6) is 11.5 Å². The second-order valence-electron chi connectivity index (χ2n) is 14.7. The number of nitrogens with one attached hydrogen (secondary N) is 1. The monoisotopic (exact) mass is 798 g/mol. The van der Waals surface area contributed by atoms with Crippen LogP contribution in [0.25, 0.3) is 0 Å². The van der Waals surface area contributed by atoms with Gasteiger partial charge in [0, 0.05) is 100.0 Å². The minimum Gasteiger partial charge on any atom is -0.508 e. The Morgan fingerprint density at radius 2 is 1.29 bits per heavy atom. The minimum absolute atomic E-state index is 0.000502. The number of para-hydroxylation sites is 1. The van der Waals surface area contributed by atoms with Gasteiger partial charge in [-0.1, -0.05) is 66.7 Å². The molecule has 59 heavy (non-hydrogen) atoms. The number of aromatic hydroxyl groups is 2. The highest BCUT2D eigenvalue weighted by molar-refractivity contribution is 5.90. The first-order chi connectivity index (χ1) is 28.8. The van der Waals surface area contributed by atoms with Crippen molar-refractivity contribution in [1.29, 1.82) is 0 Å². The average Bonchev–Trinajstić information content (AvgIpc) is 3.57. The Kier molecular flexibility index (Phi) is 16.1. The number of hydrogen-bond acceptors (Lipinski definition) is 10. The summed E-state index contributed by atoms with van der Waals surface area (Å²) in [6.45, 7) is 6.97. The number of phenols is 2. The third-order valence-corrected chi connectivity index (χ3v) is 10.1. The molecule has 3 heterocycles. The van der Waals surface area contributed by atoms with Crippen molar-refractivity contribution in [3.05, 3.63) is 167 Å². The van der Waals surface area contributed by atoms with E-state index in [-0.39, 0.29) is 48.9 Å². The number of phenolic OH excluding ortho intramolecular Hbond substituents is 2. The third kappa shape index (κ3) is 13.6. The molecule has 3 N–H and O–H groups in total. The van der Waals surface area contributed by atoms with E-state index in [4.69, 9.17) is 9.47 Å². The zero-order chi connectivity index (χ0) is 41.2. The van der Waals surface area contributed by atoms with Crippen molar-refractivity contribution in [1.82, 2.24) is 30.0 Å². The summed E-state index contributed by atoms with van der Waals surface area (Å²) in [4.78, 5) is 40.2. The first-order valence-electron chi connectivity index (χ1n) is 20.1. The largest absolute Gasteiger partial charge is 0.508 e. The van der Waals surface area contributed by atoms with Gasteiger partial charge < -0.3 is 29.9 Å². The van der Waals surface area contributed by atoms with Crippen molar-refractivity contribution in [2.24, 2.45) is 0 Å². The van der Waals surface area contributed by atoms with Crippen LogP contribution in [0, 0.1) is 0 Å². The molecule has 0 aliphatic carbocycles. The molecule has 0 fully saturated rings. The summed E-state index contributed by atoms with van der Waals surface area (Å²) < 4.78 is 11.3. The van der Waals surface area contributed by atoms with Gasteiger partial charge in [-0.15, -0.1) is 0 Å². The molecule has 1 aliphatic heterocycles. The van der Waals surface area contributed by atoms with Gasteiger partial charge in [0.05, 0.1) is 37.8 Å². The van der Waals surface area contributed by atoms with Crippen LogP contribution < -0.4 is 5.32 Å². The minimum atomic E-state index is -0.159. The van der Waals surface area contributed by atoms with Crippen molar-refractivity contribution in [2.45, 2.75) is 65.2 Å². The summed E-state index contributed by atoms with van der Waals surface area (Å²) in [6.07, 6.45) is 7.18. The van der Waals surface area contributed by atoms with Crippen LogP contribution in [-0.2, 0) is 64.9 Å². The number of nitrogens with zero attached hydrogens (tertiary/aromatic N) is 5. The maximum Gasteiger partial charge on any atom is 0.246 e. The topological polar surface area (TPSA) is 141 Å². The summed E-state index contributed by atoms with van der Waals surface area (Å²) in [5.74, 6) is 0.218. The standard InChI is InChI=1S/C47H54N6O6/c1-36-17-18-46(56)53(36)22-24-59-26-25-58-23-19-45(55)50-29-38-27-40(32-51(30-37-11-3-2-4-12-37)34-42-14-7-9-20-48-42)47(57)41(28-38)33-52(35-43-15-8-10-21-49-43)31-39-13-5-6-16-44(39)54/h2-18,20-21,27-28,36,54,57H,19,22-26,29-35H2,1H3,(H,50,55). The van der Waals surface area contributed by atoms with Gasteiger partial charge in [0.15, 0.2) is 0 Å². The zero-order valence-corrected chi connectivity index (χ0v) is 33.7. The number of benzene rings is 3. The van der Waals surface area contributed by atoms with Crippen molar-refractivity contribution >= 4 is 11.8 Å². The molecule has 1 aliphatic rings. The molecular formula is C47H54N6O6. The highest BCUT2D eigenvalue weighted by atomic mass is 16.5. The zero-order valence-electron chi connectivity index (χ0n) is 33.7. The molecule has 0 spiro atoms. The second kappa shape index (κ2) is 22.3. The highest BCUT2D eigenvalue weighted by Gasteiger charge is 2.22. The molecule has 1 unspecified atom stereocenters. The first-order valence-corrected chi connectivity index (χ1v) is 20.1. The van der Waals surface area contributed by atoms with Crippen LogP contribution >= 0.6 is 0 Å². The number of pyridine rings is 2. The number of hydrogen-bond donors (Lipinski definition) is 3. The quantitative estimate of drug-likeness (QED) is 0.0663. The molecule has 0 saturated heterocycles. The fourth-order valence-corrected chi connectivity index (χ4v) is 7.04. The molecule has 308 valence electrons. The van der Waals surface area contributed by atoms with Gasteiger partial charge in [-0.3, -0.25) is 29.4 Å². The molecule has 0 saturated carbocycles. The van der Waals surface area contributed by atoms with Crippen molar-refractivity contribution < 1.29 is 29.3 Å². The Balaban J connectivity index is 1.15. The van der Waals surface area contributed by atoms with Gasteiger partial charge in [0.25, 0.3) is 0 Å². The summed E-state index contributed by atoms with van der Waals surface area (Å²) >= 11 is 0. The lowest BCUT2D eigenvalue weighted by molar-refractivity contribution is -0.126. The Labute approximate surface area is 346 Å². The van der Waals surface area contributed by atoms with Gasteiger partial charge in [-0.2, -0.15) is 0 Å². The van der Waals surface area contributed by atoms with Crippen LogP contribution in [0.2, 0.25) is 0 Å². The molecule has 2 aromatic heterocycles. The number of carbonyl (C=O) groups is 2. The first kappa shape index (κ1) is 42.7. The summed E-state index contributed by atoms with van der Waals surface area (Å²) in [7, 11) is 0. The van der Waals surface area contributed by atoms with E-state index in [0.717, 1.165) is 33.6 Å².